The predicted octanol–water partition coefficient (Wildman–Crippen LogP) is 0.250. The Bertz CT molecular complexity index is 365. The van der Waals surface area contributed by atoms with E-state index in [1.807, 2.05) is 30.3 Å². The molecule has 0 radical (unpaired) electrons. The number of amides is 1. The molecule has 0 saturated heterocycles. The van der Waals surface area contributed by atoms with Crippen LogP contribution in [-0.2, 0) is 16.0 Å². The Hall–Kier alpha value is -1.88. The summed E-state index contributed by atoms with van der Waals surface area (Å²) in [4.78, 5) is 21.9. The highest BCUT2D eigenvalue weighted by molar-refractivity contribution is 5.82. The summed E-state index contributed by atoms with van der Waals surface area (Å²) in [6.45, 7) is 1.67. The van der Waals surface area contributed by atoms with Crippen LogP contribution in [0.5, 0.6) is 0 Å². The van der Waals surface area contributed by atoms with E-state index < -0.39 is 12.0 Å². The molecule has 1 rings (SSSR count). The number of carboxylic acids is 1. The lowest BCUT2D eigenvalue weighted by molar-refractivity contribution is -0.308. The fraction of sp³-hybridized carbons (Fsp3) is 0.333. The van der Waals surface area contributed by atoms with Crippen molar-refractivity contribution in [2.45, 2.75) is 25.8 Å². The van der Waals surface area contributed by atoms with Crippen molar-refractivity contribution in [2.24, 2.45) is 0 Å². The van der Waals surface area contributed by atoms with Gasteiger partial charge in [-0.2, -0.15) is 0 Å². The van der Waals surface area contributed by atoms with Crippen molar-refractivity contribution in [3.05, 3.63) is 35.9 Å². The largest absolute Gasteiger partial charge is 0.548 e. The van der Waals surface area contributed by atoms with Crippen molar-refractivity contribution >= 4 is 11.9 Å². The van der Waals surface area contributed by atoms with Gasteiger partial charge in [0.25, 0.3) is 0 Å². The number of carbonyl (C=O) groups is 2. The third-order valence-electron chi connectivity index (χ3n) is 2.22. The smallest absolute Gasteiger partial charge is 0.220 e. The maximum absolute atomic E-state index is 11.1. The fourth-order valence-electron chi connectivity index (χ4n) is 1.34. The molecule has 0 aliphatic rings. The number of aliphatic carboxylic acids is 1. The van der Waals surface area contributed by atoms with E-state index in [-0.39, 0.29) is 24.9 Å². The van der Waals surface area contributed by atoms with Crippen LogP contribution in [0.25, 0.3) is 0 Å². The Kier molecular flexibility index (Phi) is 6.58. The lowest BCUT2D eigenvalue weighted by Crippen LogP contribution is -2.49. The zero-order valence-corrected chi connectivity index (χ0v) is 10.1. The molecular formula is C12H18N2O3. The lowest BCUT2D eigenvalue weighted by Gasteiger charge is -2.19. The maximum atomic E-state index is 11.1. The van der Waals surface area contributed by atoms with Gasteiger partial charge in [-0.25, -0.2) is 0 Å². The third kappa shape index (κ3) is 5.12. The summed E-state index contributed by atoms with van der Waals surface area (Å²) in [5.74, 6) is -1.55. The van der Waals surface area contributed by atoms with Gasteiger partial charge in [0.2, 0.25) is 5.91 Å². The second-order valence-corrected chi connectivity index (χ2v) is 3.48. The molecule has 0 heterocycles. The SMILES string of the molecule is CCC(=O)N[C@@H](Cc1ccccc1)C(=O)[O-].[NH4+]. The minimum Gasteiger partial charge on any atom is -0.548 e. The summed E-state index contributed by atoms with van der Waals surface area (Å²) in [5, 5.41) is 13.2. The van der Waals surface area contributed by atoms with Gasteiger partial charge in [0, 0.05) is 6.42 Å². The first kappa shape index (κ1) is 15.1. The van der Waals surface area contributed by atoms with Crippen LogP contribution in [0.2, 0.25) is 0 Å². The van der Waals surface area contributed by atoms with Crippen LogP contribution in [0.4, 0.5) is 0 Å². The molecule has 94 valence electrons. The van der Waals surface area contributed by atoms with E-state index in [0.717, 1.165) is 5.56 Å². The van der Waals surface area contributed by atoms with Crippen LogP contribution in [0.15, 0.2) is 30.3 Å². The van der Waals surface area contributed by atoms with Crippen LogP contribution in [0, 0.1) is 0 Å². The molecule has 0 aliphatic carbocycles. The second kappa shape index (κ2) is 7.40. The van der Waals surface area contributed by atoms with Crippen LogP contribution < -0.4 is 16.6 Å². The monoisotopic (exact) mass is 238 g/mol. The first-order chi connectivity index (χ1) is 7.63. The van der Waals surface area contributed by atoms with Crippen LogP contribution >= 0.6 is 0 Å². The summed E-state index contributed by atoms with van der Waals surface area (Å²) >= 11 is 0. The fourth-order valence-corrected chi connectivity index (χ4v) is 1.34. The van der Waals surface area contributed by atoms with Gasteiger partial charge in [-0.15, -0.1) is 0 Å². The Morgan fingerprint density at radius 3 is 2.35 bits per heavy atom. The molecular weight excluding hydrogens is 220 g/mol. The summed E-state index contributed by atoms with van der Waals surface area (Å²) in [7, 11) is 0. The molecule has 17 heavy (non-hydrogen) atoms. The summed E-state index contributed by atoms with van der Waals surface area (Å²) in [5.41, 5.74) is 0.855. The van der Waals surface area contributed by atoms with E-state index in [0.29, 0.717) is 0 Å². The molecule has 5 heteroatoms. The van der Waals surface area contributed by atoms with Gasteiger partial charge in [0.15, 0.2) is 0 Å². The molecule has 0 aliphatic heterocycles. The van der Waals surface area contributed by atoms with E-state index in [2.05, 4.69) is 5.32 Å². The molecule has 5 nitrogen and oxygen atoms in total. The Balaban J connectivity index is 0.00000256. The number of hydrogen-bond donors (Lipinski definition) is 2. The molecule has 0 bridgehead atoms. The number of quaternary nitrogens is 1. The zero-order valence-electron chi connectivity index (χ0n) is 10.1. The Morgan fingerprint density at radius 2 is 1.88 bits per heavy atom. The number of rotatable bonds is 5. The molecule has 0 spiro atoms. The lowest BCUT2D eigenvalue weighted by atomic mass is 10.1. The van der Waals surface area contributed by atoms with Crippen molar-refractivity contribution in [3.63, 3.8) is 0 Å². The quantitative estimate of drug-likeness (QED) is 0.767. The van der Waals surface area contributed by atoms with Crippen molar-refractivity contribution in [2.75, 3.05) is 0 Å². The van der Waals surface area contributed by atoms with Crippen LogP contribution in [-0.4, -0.2) is 17.9 Å². The van der Waals surface area contributed by atoms with E-state index in [4.69, 9.17) is 0 Å². The molecule has 0 fully saturated rings. The average molecular weight is 238 g/mol. The summed E-state index contributed by atoms with van der Waals surface area (Å²) in [6, 6.07) is 8.16. The van der Waals surface area contributed by atoms with Gasteiger partial charge in [-0.05, 0) is 12.0 Å². The van der Waals surface area contributed by atoms with Gasteiger partial charge in [0.1, 0.15) is 0 Å². The van der Waals surface area contributed by atoms with Crippen LogP contribution in [0.1, 0.15) is 18.9 Å². The topological polar surface area (TPSA) is 106 Å². The molecule has 0 aromatic heterocycles. The van der Waals surface area contributed by atoms with Gasteiger partial charge in [-0.1, -0.05) is 37.3 Å². The van der Waals surface area contributed by atoms with Gasteiger partial charge in [0.05, 0.1) is 12.0 Å². The average Bonchev–Trinajstić information content (AvgIpc) is 2.29. The number of nitrogens with one attached hydrogen (secondary N) is 1. The van der Waals surface area contributed by atoms with Gasteiger partial charge < -0.3 is 21.4 Å². The summed E-state index contributed by atoms with van der Waals surface area (Å²) in [6.07, 6.45) is 0.507. The molecule has 5 N–H and O–H groups in total. The highest BCUT2D eigenvalue weighted by atomic mass is 16.4. The summed E-state index contributed by atoms with van der Waals surface area (Å²) < 4.78 is 0. The first-order valence-electron chi connectivity index (χ1n) is 5.17. The molecule has 1 aromatic rings. The second-order valence-electron chi connectivity index (χ2n) is 3.48. The number of carboxylic acid groups (broad SMARTS) is 1. The standard InChI is InChI=1S/C12H15NO3.H3N/c1-2-11(14)13-10(12(15)16)8-9-6-4-3-5-7-9;/h3-7,10H,2,8H2,1H3,(H,13,14)(H,15,16);1H3/t10-;/m0./s1. The minimum absolute atomic E-state index is 0. The highest BCUT2D eigenvalue weighted by Gasteiger charge is 2.12. The van der Waals surface area contributed by atoms with Crippen molar-refractivity contribution in [1.29, 1.82) is 0 Å². The molecule has 0 saturated carbocycles. The molecule has 1 atom stereocenters. The van der Waals surface area contributed by atoms with E-state index in [9.17, 15) is 14.7 Å². The minimum atomic E-state index is -1.26. The molecule has 0 unspecified atom stereocenters. The van der Waals surface area contributed by atoms with Crippen molar-refractivity contribution in [1.82, 2.24) is 11.5 Å². The zero-order chi connectivity index (χ0) is 12.0. The Labute approximate surface area is 100 Å². The Morgan fingerprint density at radius 1 is 1.29 bits per heavy atom. The van der Waals surface area contributed by atoms with Crippen LogP contribution in [0.3, 0.4) is 0 Å². The van der Waals surface area contributed by atoms with E-state index in [1.54, 1.807) is 6.92 Å². The van der Waals surface area contributed by atoms with Crippen molar-refractivity contribution < 1.29 is 14.7 Å². The predicted molar refractivity (Wildman–Crippen MR) is 63.4 cm³/mol. The van der Waals surface area contributed by atoms with Gasteiger partial charge in [-0.3, -0.25) is 4.79 Å². The third-order valence-corrected chi connectivity index (χ3v) is 2.22. The molecule has 1 amide bonds. The molecule has 1 aromatic carbocycles. The van der Waals surface area contributed by atoms with Crippen molar-refractivity contribution in [3.8, 4) is 0 Å². The van der Waals surface area contributed by atoms with E-state index in [1.165, 1.54) is 0 Å². The highest BCUT2D eigenvalue weighted by Crippen LogP contribution is 2.03. The van der Waals surface area contributed by atoms with E-state index >= 15 is 0 Å². The number of benzene rings is 1. The normalized spacial score (nSPS) is 11.1. The van der Waals surface area contributed by atoms with Gasteiger partial charge >= 0.3 is 0 Å². The number of carbonyl (C=O) groups excluding carboxylic acids is 2. The first-order valence-corrected chi connectivity index (χ1v) is 5.17. The number of hydrogen-bond acceptors (Lipinski definition) is 3. The maximum Gasteiger partial charge on any atom is 0.220 e.